The van der Waals surface area contributed by atoms with Crippen LogP contribution in [0.5, 0.6) is 23.0 Å². The number of hydrogen-bond donors (Lipinski definition) is 0. The fraction of sp³-hybridized carbons (Fsp3) is 0.385. The highest BCUT2D eigenvalue weighted by molar-refractivity contribution is 5.83. The standard InChI is InChI=1S/C39H43F3N2O2/c1-22(2)26-11-14-35-33(16-26)43(31-12-9-27(23(3)4)18-36(31)45-35)20-30-15-29(25(7)8)17-34-38(30)46-37-19-28(24(5)6)10-13-32(37)44(34)21-39(40,41)42/h9-19,22-25H,20-21H2,1-8H3. The molecule has 0 unspecified atom stereocenters. The fourth-order valence-corrected chi connectivity index (χ4v) is 6.22. The van der Waals surface area contributed by atoms with Crippen LogP contribution in [0.2, 0.25) is 0 Å². The minimum Gasteiger partial charge on any atom is -0.453 e. The van der Waals surface area contributed by atoms with Crippen molar-refractivity contribution >= 4 is 22.7 Å². The van der Waals surface area contributed by atoms with Crippen molar-refractivity contribution in [1.82, 2.24) is 0 Å². The summed E-state index contributed by atoms with van der Waals surface area (Å²) in [5, 5.41) is 0. The molecule has 0 bridgehead atoms. The number of halogens is 3. The second-order valence-electron chi connectivity index (χ2n) is 13.8. The summed E-state index contributed by atoms with van der Waals surface area (Å²) in [4.78, 5) is 3.60. The number of alkyl halides is 3. The first-order valence-electron chi connectivity index (χ1n) is 16.3. The van der Waals surface area contributed by atoms with Gasteiger partial charge in [0.15, 0.2) is 23.0 Å². The highest BCUT2D eigenvalue weighted by Crippen LogP contribution is 2.54. The van der Waals surface area contributed by atoms with Crippen LogP contribution in [-0.4, -0.2) is 12.7 Å². The van der Waals surface area contributed by atoms with Crippen molar-refractivity contribution in [2.45, 2.75) is 91.8 Å². The topological polar surface area (TPSA) is 24.9 Å². The summed E-state index contributed by atoms with van der Waals surface area (Å²) in [6, 6.07) is 22.1. The number of benzene rings is 4. The molecule has 0 N–H and O–H groups in total. The van der Waals surface area contributed by atoms with Crippen LogP contribution in [-0.2, 0) is 6.54 Å². The Balaban J connectivity index is 1.55. The molecule has 2 aliphatic rings. The number of hydrogen-bond acceptors (Lipinski definition) is 4. The Hall–Kier alpha value is -4.13. The molecule has 0 radical (unpaired) electrons. The van der Waals surface area contributed by atoms with Crippen molar-refractivity contribution < 1.29 is 22.6 Å². The molecule has 0 atom stereocenters. The van der Waals surface area contributed by atoms with E-state index in [1.54, 1.807) is 6.07 Å². The third-order valence-corrected chi connectivity index (χ3v) is 9.05. The van der Waals surface area contributed by atoms with E-state index in [2.05, 4.69) is 96.7 Å². The van der Waals surface area contributed by atoms with Crippen LogP contribution in [0, 0.1) is 0 Å². The normalized spacial score (nSPS) is 13.9. The van der Waals surface area contributed by atoms with Gasteiger partial charge < -0.3 is 19.3 Å². The molecule has 4 aromatic rings. The van der Waals surface area contributed by atoms with Crippen molar-refractivity contribution in [3.8, 4) is 23.0 Å². The Morgan fingerprint density at radius 3 is 1.59 bits per heavy atom. The lowest BCUT2D eigenvalue weighted by Gasteiger charge is -2.37. The van der Waals surface area contributed by atoms with E-state index in [4.69, 9.17) is 9.47 Å². The van der Waals surface area contributed by atoms with Crippen molar-refractivity contribution in [2.24, 2.45) is 0 Å². The van der Waals surface area contributed by atoms with E-state index < -0.39 is 12.7 Å². The van der Waals surface area contributed by atoms with Gasteiger partial charge in [0.2, 0.25) is 0 Å². The molecule has 6 rings (SSSR count). The van der Waals surface area contributed by atoms with Crippen molar-refractivity contribution in [1.29, 1.82) is 0 Å². The zero-order valence-corrected chi connectivity index (χ0v) is 27.9. The predicted octanol–water partition coefficient (Wildman–Crippen LogP) is 12.4. The number of fused-ring (bicyclic) bond motifs is 4. The lowest BCUT2D eigenvalue weighted by Crippen LogP contribution is -2.33. The first kappa shape index (κ1) is 31.8. The molecule has 2 heterocycles. The highest BCUT2D eigenvalue weighted by Gasteiger charge is 2.38. The SMILES string of the molecule is CC(C)c1ccc2c(c1)Oc1ccc(C(C)C)cc1N2Cc1cc(C(C)C)cc2c1Oc1cc(C(C)C)ccc1N2CC(F)(F)F. The minimum atomic E-state index is -4.42. The molecule has 46 heavy (non-hydrogen) atoms. The molecular formula is C39H43F3N2O2. The van der Waals surface area contributed by atoms with Gasteiger partial charge in [-0.1, -0.05) is 73.6 Å². The smallest absolute Gasteiger partial charge is 0.406 e. The van der Waals surface area contributed by atoms with E-state index in [1.807, 2.05) is 24.3 Å². The maximum absolute atomic E-state index is 14.2. The van der Waals surface area contributed by atoms with Crippen LogP contribution in [0.25, 0.3) is 0 Å². The Kier molecular flexibility index (Phi) is 8.24. The van der Waals surface area contributed by atoms with E-state index >= 15 is 0 Å². The van der Waals surface area contributed by atoms with Crippen LogP contribution >= 0.6 is 0 Å². The first-order valence-corrected chi connectivity index (χ1v) is 16.3. The molecule has 4 aromatic carbocycles. The lowest BCUT2D eigenvalue weighted by atomic mass is 9.95. The molecule has 0 spiro atoms. The summed E-state index contributed by atoms with van der Waals surface area (Å²) in [5.74, 6) is 3.32. The fourth-order valence-electron chi connectivity index (χ4n) is 6.22. The van der Waals surface area contributed by atoms with E-state index in [0.717, 1.165) is 39.6 Å². The monoisotopic (exact) mass is 628 g/mol. The minimum absolute atomic E-state index is 0.0897. The average molecular weight is 629 g/mol. The summed E-state index contributed by atoms with van der Waals surface area (Å²) < 4.78 is 55.7. The maximum atomic E-state index is 14.2. The van der Waals surface area contributed by atoms with Gasteiger partial charge in [0.25, 0.3) is 0 Å². The lowest BCUT2D eigenvalue weighted by molar-refractivity contribution is -0.118. The molecule has 2 aliphatic heterocycles. The Morgan fingerprint density at radius 1 is 0.522 bits per heavy atom. The van der Waals surface area contributed by atoms with Crippen molar-refractivity contribution in [3.05, 3.63) is 94.5 Å². The van der Waals surface area contributed by atoms with Gasteiger partial charge in [-0.15, -0.1) is 0 Å². The zero-order valence-electron chi connectivity index (χ0n) is 27.9. The van der Waals surface area contributed by atoms with Gasteiger partial charge in [0, 0.05) is 5.56 Å². The molecule has 0 aromatic heterocycles. The number of nitrogens with zero attached hydrogens (tertiary/aromatic N) is 2. The van der Waals surface area contributed by atoms with Gasteiger partial charge in [0.05, 0.1) is 29.3 Å². The Morgan fingerprint density at radius 2 is 1.02 bits per heavy atom. The second-order valence-corrected chi connectivity index (χ2v) is 13.8. The van der Waals surface area contributed by atoms with E-state index in [9.17, 15) is 13.2 Å². The van der Waals surface area contributed by atoms with Crippen LogP contribution in [0.3, 0.4) is 0 Å². The maximum Gasteiger partial charge on any atom is 0.406 e. The Bertz CT molecular complexity index is 1770. The van der Waals surface area contributed by atoms with Crippen LogP contribution < -0.4 is 19.3 Å². The molecule has 0 fully saturated rings. The van der Waals surface area contributed by atoms with Gasteiger partial charge >= 0.3 is 6.18 Å². The molecule has 0 amide bonds. The number of ether oxygens (including phenoxy) is 2. The summed E-state index contributed by atoms with van der Waals surface area (Å²) in [7, 11) is 0. The first-order chi connectivity index (χ1) is 21.7. The summed E-state index contributed by atoms with van der Waals surface area (Å²) in [6.07, 6.45) is -4.42. The largest absolute Gasteiger partial charge is 0.453 e. The van der Waals surface area contributed by atoms with Crippen LogP contribution in [0.1, 0.15) is 107 Å². The summed E-state index contributed by atoms with van der Waals surface area (Å²) >= 11 is 0. The van der Waals surface area contributed by atoms with Gasteiger partial charge in [0.1, 0.15) is 6.54 Å². The molecule has 7 heteroatoms. The number of anilines is 4. The molecular weight excluding hydrogens is 585 g/mol. The van der Waals surface area contributed by atoms with Gasteiger partial charge in [-0.25, -0.2) is 0 Å². The average Bonchev–Trinajstić information content (AvgIpc) is 2.99. The van der Waals surface area contributed by atoms with Gasteiger partial charge in [-0.2, -0.15) is 13.2 Å². The van der Waals surface area contributed by atoms with Gasteiger partial charge in [-0.3, -0.25) is 0 Å². The highest BCUT2D eigenvalue weighted by atomic mass is 19.4. The molecule has 0 aliphatic carbocycles. The Labute approximate surface area is 270 Å². The van der Waals surface area contributed by atoms with Crippen molar-refractivity contribution in [3.63, 3.8) is 0 Å². The van der Waals surface area contributed by atoms with Crippen LogP contribution in [0.15, 0.2) is 66.7 Å². The zero-order chi connectivity index (χ0) is 33.1. The van der Waals surface area contributed by atoms with E-state index in [1.165, 1.54) is 16.0 Å². The summed E-state index contributed by atoms with van der Waals surface area (Å²) in [6.45, 7) is 16.2. The third-order valence-electron chi connectivity index (χ3n) is 9.05. The second kappa shape index (κ2) is 11.9. The number of rotatable bonds is 7. The third kappa shape index (κ3) is 6.04. The predicted molar refractivity (Wildman–Crippen MR) is 181 cm³/mol. The van der Waals surface area contributed by atoms with Crippen molar-refractivity contribution in [2.75, 3.05) is 16.3 Å². The quantitative estimate of drug-likeness (QED) is 0.203. The van der Waals surface area contributed by atoms with Gasteiger partial charge in [-0.05, 0) is 94.5 Å². The molecule has 0 saturated heterocycles. The van der Waals surface area contributed by atoms with E-state index in [0.29, 0.717) is 41.3 Å². The molecule has 0 saturated carbocycles. The molecule has 4 nitrogen and oxygen atoms in total. The summed E-state index contributed by atoms with van der Waals surface area (Å²) in [5.41, 5.74) is 7.81. The van der Waals surface area contributed by atoms with E-state index in [-0.39, 0.29) is 11.8 Å². The van der Waals surface area contributed by atoms with Crippen LogP contribution in [0.4, 0.5) is 35.9 Å². The molecule has 242 valence electrons.